The average molecular weight is 246 g/mol. The smallest absolute Gasteiger partial charge is 0.0558 e. The molecule has 1 fully saturated rings. The molecular weight excluding hydrogens is 220 g/mol. The molecule has 0 spiro atoms. The van der Waals surface area contributed by atoms with E-state index in [-0.39, 0.29) is 13.2 Å². The van der Waals surface area contributed by atoms with Gasteiger partial charge in [0.1, 0.15) is 0 Å². The van der Waals surface area contributed by atoms with Crippen LogP contribution in [0.2, 0.25) is 0 Å². The molecule has 1 aliphatic rings. The van der Waals surface area contributed by atoms with Crippen molar-refractivity contribution in [3.63, 3.8) is 0 Å². The summed E-state index contributed by atoms with van der Waals surface area (Å²) in [6.07, 6.45) is 1.05. The Kier molecular flexibility index (Phi) is 7.72. The number of nitrogens with zero attached hydrogens (tertiary/aromatic N) is 1. The molecule has 1 heterocycles. The summed E-state index contributed by atoms with van der Waals surface area (Å²) in [5.74, 6) is 0.446. The van der Waals surface area contributed by atoms with Crippen molar-refractivity contribution in [2.75, 3.05) is 52.6 Å². The first-order valence-corrected chi connectivity index (χ1v) is 6.57. The highest BCUT2D eigenvalue weighted by atomic mass is 16.5. The predicted octanol–water partition coefficient (Wildman–Crippen LogP) is -0.712. The van der Waals surface area contributed by atoms with E-state index in [1.807, 2.05) is 0 Å². The van der Waals surface area contributed by atoms with Gasteiger partial charge in [0.05, 0.1) is 19.8 Å². The maximum atomic E-state index is 8.99. The molecule has 17 heavy (non-hydrogen) atoms. The lowest BCUT2D eigenvalue weighted by molar-refractivity contribution is 0.0126. The second kappa shape index (κ2) is 8.83. The normalized spacial score (nSPS) is 25.4. The number of nitrogens with one attached hydrogen (secondary N) is 1. The van der Waals surface area contributed by atoms with Crippen molar-refractivity contribution in [1.82, 2.24) is 10.2 Å². The first-order valence-electron chi connectivity index (χ1n) is 6.57. The van der Waals surface area contributed by atoms with Crippen LogP contribution >= 0.6 is 0 Å². The molecule has 5 heteroatoms. The molecule has 5 nitrogen and oxygen atoms in total. The molecule has 0 bridgehead atoms. The summed E-state index contributed by atoms with van der Waals surface area (Å²) in [5, 5.41) is 21.5. The first kappa shape index (κ1) is 14.9. The molecule has 0 aromatic heterocycles. The van der Waals surface area contributed by atoms with Crippen LogP contribution in [-0.4, -0.2) is 73.8 Å². The third-order valence-corrected chi connectivity index (χ3v) is 3.27. The molecular formula is C12H26N2O3. The molecule has 2 unspecified atom stereocenters. The summed E-state index contributed by atoms with van der Waals surface area (Å²) in [6.45, 7) is 7.08. The van der Waals surface area contributed by atoms with E-state index in [4.69, 9.17) is 14.9 Å². The van der Waals surface area contributed by atoms with Gasteiger partial charge in [0.2, 0.25) is 0 Å². The van der Waals surface area contributed by atoms with Crippen molar-refractivity contribution < 1.29 is 14.9 Å². The number of hydrogen-bond donors (Lipinski definition) is 3. The van der Waals surface area contributed by atoms with E-state index in [9.17, 15) is 0 Å². The van der Waals surface area contributed by atoms with E-state index in [2.05, 4.69) is 17.1 Å². The van der Waals surface area contributed by atoms with E-state index in [1.165, 1.54) is 0 Å². The van der Waals surface area contributed by atoms with E-state index in [0.29, 0.717) is 25.0 Å². The molecule has 0 amide bonds. The fourth-order valence-electron chi connectivity index (χ4n) is 2.42. The Morgan fingerprint density at radius 3 is 2.59 bits per heavy atom. The topological polar surface area (TPSA) is 65.0 Å². The summed E-state index contributed by atoms with van der Waals surface area (Å²) >= 11 is 0. The Balaban J connectivity index is 2.43. The Morgan fingerprint density at radius 1 is 1.29 bits per heavy atom. The number of rotatable bonds is 8. The Labute approximate surface area is 104 Å². The number of ether oxygens (including phenoxy) is 1. The molecule has 0 aromatic carbocycles. The van der Waals surface area contributed by atoms with Crippen LogP contribution in [0.25, 0.3) is 0 Å². The summed E-state index contributed by atoms with van der Waals surface area (Å²) in [5.41, 5.74) is 0. The first-order chi connectivity index (χ1) is 8.31. The summed E-state index contributed by atoms with van der Waals surface area (Å²) < 4.78 is 5.52. The minimum atomic E-state index is 0.138. The molecule has 0 saturated carbocycles. The van der Waals surface area contributed by atoms with E-state index < -0.39 is 0 Å². The maximum Gasteiger partial charge on any atom is 0.0558 e. The maximum absolute atomic E-state index is 8.99. The van der Waals surface area contributed by atoms with Gasteiger partial charge in [-0.05, 0) is 13.0 Å². The molecule has 3 N–H and O–H groups in total. The summed E-state index contributed by atoms with van der Waals surface area (Å²) in [4.78, 5) is 2.10. The van der Waals surface area contributed by atoms with Crippen LogP contribution in [0.15, 0.2) is 0 Å². The highest BCUT2D eigenvalue weighted by Gasteiger charge is 2.26. The van der Waals surface area contributed by atoms with Crippen molar-refractivity contribution in [3.8, 4) is 0 Å². The van der Waals surface area contributed by atoms with Gasteiger partial charge in [-0.2, -0.15) is 0 Å². The van der Waals surface area contributed by atoms with Crippen LogP contribution < -0.4 is 5.32 Å². The lowest BCUT2D eigenvalue weighted by Gasteiger charge is -2.35. The zero-order valence-electron chi connectivity index (χ0n) is 10.8. The lowest BCUT2D eigenvalue weighted by atomic mass is 9.95. The second-order valence-corrected chi connectivity index (χ2v) is 4.54. The van der Waals surface area contributed by atoms with Crippen LogP contribution in [0, 0.1) is 5.92 Å². The monoisotopic (exact) mass is 246 g/mol. The number of aliphatic hydroxyl groups excluding tert-OH is 2. The largest absolute Gasteiger partial charge is 0.395 e. The standard InChI is InChI=1S/C12H26N2O3/c1-2-13-12-3-8-17-10-11(12)9-14(4-6-15)5-7-16/h11-13,15-16H,2-10H2,1H3. The van der Waals surface area contributed by atoms with E-state index >= 15 is 0 Å². The van der Waals surface area contributed by atoms with E-state index in [0.717, 1.165) is 32.7 Å². The van der Waals surface area contributed by atoms with Crippen molar-refractivity contribution in [2.24, 2.45) is 5.92 Å². The third kappa shape index (κ3) is 5.31. The number of hydrogen-bond acceptors (Lipinski definition) is 5. The van der Waals surface area contributed by atoms with E-state index in [1.54, 1.807) is 0 Å². The van der Waals surface area contributed by atoms with Gasteiger partial charge >= 0.3 is 0 Å². The predicted molar refractivity (Wildman–Crippen MR) is 67.0 cm³/mol. The SMILES string of the molecule is CCNC1CCOCC1CN(CCO)CCO. The molecule has 0 aliphatic carbocycles. The molecule has 1 saturated heterocycles. The molecule has 0 aromatic rings. The van der Waals surface area contributed by atoms with Crippen LogP contribution in [-0.2, 0) is 4.74 Å². The van der Waals surface area contributed by atoms with Crippen LogP contribution in [0.3, 0.4) is 0 Å². The van der Waals surface area contributed by atoms with Gasteiger partial charge < -0.3 is 20.3 Å². The zero-order valence-corrected chi connectivity index (χ0v) is 10.8. The number of aliphatic hydroxyl groups is 2. The van der Waals surface area contributed by atoms with Gasteiger partial charge in [-0.1, -0.05) is 6.92 Å². The van der Waals surface area contributed by atoms with Crippen molar-refractivity contribution >= 4 is 0 Å². The Morgan fingerprint density at radius 2 is 2.00 bits per heavy atom. The molecule has 0 radical (unpaired) electrons. The van der Waals surface area contributed by atoms with Gasteiger partial charge in [-0.15, -0.1) is 0 Å². The van der Waals surface area contributed by atoms with Crippen molar-refractivity contribution in [3.05, 3.63) is 0 Å². The fourth-order valence-corrected chi connectivity index (χ4v) is 2.42. The third-order valence-electron chi connectivity index (χ3n) is 3.27. The van der Waals surface area contributed by atoms with Gasteiger partial charge in [-0.25, -0.2) is 0 Å². The quantitative estimate of drug-likeness (QED) is 0.528. The van der Waals surface area contributed by atoms with Crippen LogP contribution in [0.4, 0.5) is 0 Å². The summed E-state index contributed by atoms with van der Waals surface area (Å²) in [7, 11) is 0. The molecule has 1 rings (SSSR count). The zero-order chi connectivity index (χ0) is 12.5. The highest BCUT2D eigenvalue weighted by Crippen LogP contribution is 2.16. The van der Waals surface area contributed by atoms with Crippen LogP contribution in [0.5, 0.6) is 0 Å². The molecule has 102 valence electrons. The van der Waals surface area contributed by atoms with Gasteiger partial charge in [0.25, 0.3) is 0 Å². The second-order valence-electron chi connectivity index (χ2n) is 4.54. The van der Waals surface area contributed by atoms with Crippen molar-refractivity contribution in [2.45, 2.75) is 19.4 Å². The fraction of sp³-hybridized carbons (Fsp3) is 1.00. The lowest BCUT2D eigenvalue weighted by Crippen LogP contribution is -2.48. The average Bonchev–Trinajstić information content (AvgIpc) is 2.33. The Bertz CT molecular complexity index is 185. The van der Waals surface area contributed by atoms with Gasteiger partial charge in [0, 0.05) is 38.2 Å². The minimum absolute atomic E-state index is 0.138. The Hall–Kier alpha value is -0.200. The highest BCUT2D eigenvalue weighted by molar-refractivity contribution is 4.81. The van der Waals surface area contributed by atoms with Crippen molar-refractivity contribution in [1.29, 1.82) is 0 Å². The van der Waals surface area contributed by atoms with Gasteiger partial charge in [0.15, 0.2) is 0 Å². The minimum Gasteiger partial charge on any atom is -0.395 e. The summed E-state index contributed by atoms with van der Waals surface area (Å²) in [6, 6.07) is 0.494. The van der Waals surface area contributed by atoms with Crippen LogP contribution in [0.1, 0.15) is 13.3 Å². The molecule has 2 atom stereocenters. The van der Waals surface area contributed by atoms with Gasteiger partial charge in [-0.3, -0.25) is 4.90 Å². The molecule has 1 aliphatic heterocycles.